The molecule has 2 heterocycles. The molecule has 6 nitrogen and oxygen atoms in total. The zero-order chi connectivity index (χ0) is 14.0. The van der Waals surface area contributed by atoms with Crippen LogP contribution < -0.4 is 5.32 Å². The van der Waals surface area contributed by atoms with Crippen LogP contribution in [0.1, 0.15) is 10.4 Å². The van der Waals surface area contributed by atoms with E-state index in [-0.39, 0.29) is 15.8 Å². The van der Waals surface area contributed by atoms with Crippen molar-refractivity contribution < 1.29 is 17.6 Å². The van der Waals surface area contributed by atoms with Crippen molar-refractivity contribution >= 4 is 33.0 Å². The predicted octanol–water partition coefficient (Wildman–Crippen LogP) is 1.98. The summed E-state index contributed by atoms with van der Waals surface area (Å²) in [7, 11) is -3.36. The Morgan fingerprint density at radius 2 is 2.11 bits per heavy atom. The molecule has 8 heteroatoms. The monoisotopic (exact) mass is 300 g/mol. The van der Waals surface area contributed by atoms with Crippen LogP contribution in [-0.2, 0) is 9.84 Å². The van der Waals surface area contributed by atoms with Crippen molar-refractivity contribution in [3.63, 3.8) is 0 Å². The minimum Gasteiger partial charge on any atom is -0.452 e. The van der Waals surface area contributed by atoms with Gasteiger partial charge in [-0.3, -0.25) is 4.79 Å². The van der Waals surface area contributed by atoms with Gasteiger partial charge in [0.25, 0.3) is 5.91 Å². The van der Waals surface area contributed by atoms with Gasteiger partial charge in [-0.2, -0.15) is 0 Å². The molecule has 0 unspecified atom stereocenters. The number of nitrogens with zero attached hydrogens (tertiary/aromatic N) is 1. The Hall–Kier alpha value is -1.86. The molecule has 2 rings (SSSR count). The maximum atomic E-state index is 11.8. The van der Waals surface area contributed by atoms with Crippen molar-refractivity contribution in [2.24, 2.45) is 0 Å². The highest BCUT2D eigenvalue weighted by atomic mass is 35.5. The van der Waals surface area contributed by atoms with Gasteiger partial charge in [-0.15, -0.1) is 0 Å². The number of hydrogen-bond acceptors (Lipinski definition) is 5. The lowest BCUT2D eigenvalue weighted by molar-refractivity contribution is 0.102. The van der Waals surface area contributed by atoms with Crippen molar-refractivity contribution in [1.29, 1.82) is 0 Å². The fourth-order valence-electron chi connectivity index (χ4n) is 1.33. The second kappa shape index (κ2) is 5.02. The van der Waals surface area contributed by atoms with Crippen molar-refractivity contribution in [1.82, 2.24) is 4.98 Å². The number of rotatable bonds is 3. The number of amides is 1. The van der Waals surface area contributed by atoms with Gasteiger partial charge in [0.15, 0.2) is 14.9 Å². The summed E-state index contributed by atoms with van der Waals surface area (Å²) in [6.45, 7) is 0. The molecule has 1 N–H and O–H groups in total. The Morgan fingerprint density at radius 1 is 1.37 bits per heavy atom. The summed E-state index contributed by atoms with van der Waals surface area (Å²) in [4.78, 5) is 15.5. The molecule has 0 aliphatic rings. The highest BCUT2D eigenvalue weighted by Gasteiger charge is 2.14. The summed E-state index contributed by atoms with van der Waals surface area (Å²) >= 11 is 5.66. The topological polar surface area (TPSA) is 89.3 Å². The Labute approximate surface area is 114 Å². The fourth-order valence-corrected chi connectivity index (χ4v) is 2.09. The van der Waals surface area contributed by atoms with Gasteiger partial charge in [-0.05, 0) is 29.8 Å². The number of anilines is 1. The molecule has 0 saturated heterocycles. The zero-order valence-corrected chi connectivity index (χ0v) is 11.3. The summed E-state index contributed by atoms with van der Waals surface area (Å²) in [5, 5.41) is 2.44. The summed E-state index contributed by atoms with van der Waals surface area (Å²) in [6.07, 6.45) is 3.60. The molecule has 2 aromatic rings. The molecule has 19 heavy (non-hydrogen) atoms. The van der Waals surface area contributed by atoms with E-state index >= 15 is 0 Å². The van der Waals surface area contributed by atoms with Crippen LogP contribution in [-0.4, -0.2) is 25.6 Å². The normalized spacial score (nSPS) is 11.3. The van der Waals surface area contributed by atoms with E-state index < -0.39 is 15.7 Å². The number of furan rings is 1. The molecule has 1 amide bonds. The first kappa shape index (κ1) is 13.6. The minimum absolute atomic E-state index is 0.0155. The quantitative estimate of drug-likeness (QED) is 0.936. The highest BCUT2D eigenvalue weighted by Crippen LogP contribution is 2.18. The third-order valence-corrected chi connectivity index (χ3v) is 3.53. The van der Waals surface area contributed by atoms with Crippen LogP contribution in [0.25, 0.3) is 0 Å². The van der Waals surface area contributed by atoms with Gasteiger partial charge >= 0.3 is 0 Å². The standard InChI is InChI=1S/C11H9ClN2O4S/c1-19(16,17)9-3-2-7(6-13-9)14-11(15)8-4-5-18-10(8)12/h2-6H,1H3,(H,14,15). The first-order chi connectivity index (χ1) is 8.88. The van der Waals surface area contributed by atoms with E-state index in [9.17, 15) is 13.2 Å². The predicted molar refractivity (Wildman–Crippen MR) is 69.0 cm³/mol. The van der Waals surface area contributed by atoms with Gasteiger partial charge in [0.1, 0.15) is 0 Å². The van der Waals surface area contributed by atoms with Crippen LogP contribution >= 0.6 is 11.6 Å². The van der Waals surface area contributed by atoms with Gasteiger partial charge in [0.2, 0.25) is 5.22 Å². The number of nitrogens with one attached hydrogen (secondary N) is 1. The van der Waals surface area contributed by atoms with Crippen molar-refractivity contribution in [2.45, 2.75) is 5.03 Å². The van der Waals surface area contributed by atoms with Crippen LogP contribution in [0, 0.1) is 0 Å². The van der Waals surface area contributed by atoms with Crippen LogP contribution in [0.15, 0.2) is 40.1 Å². The first-order valence-corrected chi connectivity index (χ1v) is 7.35. The van der Waals surface area contributed by atoms with Gasteiger partial charge in [0.05, 0.1) is 23.7 Å². The van der Waals surface area contributed by atoms with Gasteiger partial charge in [-0.1, -0.05) is 0 Å². The molecule has 100 valence electrons. The van der Waals surface area contributed by atoms with E-state index in [1.54, 1.807) is 0 Å². The SMILES string of the molecule is CS(=O)(=O)c1ccc(NC(=O)c2ccoc2Cl)cn1. The van der Waals surface area contributed by atoms with Gasteiger partial charge < -0.3 is 9.73 Å². The molecule has 2 aromatic heterocycles. The molecule has 0 bridgehead atoms. The molecule has 0 aliphatic heterocycles. The maximum absolute atomic E-state index is 11.8. The van der Waals surface area contributed by atoms with Crippen LogP contribution in [0.2, 0.25) is 5.22 Å². The van der Waals surface area contributed by atoms with Crippen LogP contribution in [0.4, 0.5) is 5.69 Å². The van der Waals surface area contributed by atoms with Crippen LogP contribution in [0.3, 0.4) is 0 Å². The average molecular weight is 301 g/mol. The summed E-state index contributed by atoms with van der Waals surface area (Å²) in [5.41, 5.74) is 0.545. The number of carbonyl (C=O) groups excluding carboxylic acids is 1. The van der Waals surface area contributed by atoms with E-state index in [4.69, 9.17) is 16.0 Å². The number of halogens is 1. The van der Waals surface area contributed by atoms with Crippen LogP contribution in [0.5, 0.6) is 0 Å². The van der Waals surface area contributed by atoms with Crippen molar-refractivity contribution in [3.05, 3.63) is 41.4 Å². The summed E-state index contributed by atoms with van der Waals surface area (Å²) in [5.74, 6) is -0.465. The number of hydrogen-bond donors (Lipinski definition) is 1. The lowest BCUT2D eigenvalue weighted by atomic mass is 10.3. The first-order valence-electron chi connectivity index (χ1n) is 5.08. The van der Waals surface area contributed by atoms with E-state index in [1.165, 1.54) is 30.7 Å². The molecule has 0 atom stereocenters. The van der Waals surface area contributed by atoms with Crippen molar-refractivity contribution in [2.75, 3.05) is 11.6 Å². The molecule has 0 aliphatic carbocycles. The van der Waals surface area contributed by atoms with E-state index in [0.29, 0.717) is 5.69 Å². The molecule has 0 aromatic carbocycles. The third kappa shape index (κ3) is 3.12. The lowest BCUT2D eigenvalue weighted by Crippen LogP contribution is -2.12. The highest BCUT2D eigenvalue weighted by molar-refractivity contribution is 7.90. The maximum Gasteiger partial charge on any atom is 0.260 e. The number of aromatic nitrogens is 1. The minimum atomic E-state index is -3.36. The Balaban J connectivity index is 2.17. The number of carbonyl (C=O) groups is 1. The van der Waals surface area contributed by atoms with Gasteiger partial charge in [-0.25, -0.2) is 13.4 Å². The second-order valence-corrected chi connectivity index (χ2v) is 6.03. The fraction of sp³-hybridized carbons (Fsp3) is 0.0909. The van der Waals surface area contributed by atoms with E-state index in [1.807, 2.05) is 0 Å². The largest absolute Gasteiger partial charge is 0.452 e. The number of pyridine rings is 1. The molecule has 0 saturated carbocycles. The molecule has 0 fully saturated rings. The second-order valence-electron chi connectivity index (χ2n) is 3.72. The Kier molecular flexibility index (Phi) is 3.59. The third-order valence-electron chi connectivity index (χ3n) is 2.24. The van der Waals surface area contributed by atoms with Gasteiger partial charge in [0, 0.05) is 6.26 Å². The lowest BCUT2D eigenvalue weighted by Gasteiger charge is -2.04. The Bertz CT molecular complexity index is 707. The molecule has 0 radical (unpaired) electrons. The molecular formula is C11H9ClN2O4S. The average Bonchev–Trinajstić information content (AvgIpc) is 2.75. The summed E-state index contributed by atoms with van der Waals surface area (Å²) < 4.78 is 27.2. The van der Waals surface area contributed by atoms with E-state index in [2.05, 4.69) is 10.3 Å². The molecule has 0 spiro atoms. The zero-order valence-electron chi connectivity index (χ0n) is 9.75. The van der Waals surface area contributed by atoms with E-state index in [0.717, 1.165) is 6.26 Å². The smallest absolute Gasteiger partial charge is 0.260 e. The summed E-state index contributed by atoms with van der Waals surface area (Å²) in [6, 6.07) is 4.17. The Morgan fingerprint density at radius 3 is 2.58 bits per heavy atom. The van der Waals surface area contributed by atoms with Crippen molar-refractivity contribution in [3.8, 4) is 0 Å². The number of sulfone groups is 1. The molecular weight excluding hydrogens is 292 g/mol.